The van der Waals surface area contributed by atoms with Crippen LogP contribution in [0.5, 0.6) is 0 Å². The zero-order chi connectivity index (χ0) is 15.3. The molecule has 1 rings (SSSR count). The largest absolute Gasteiger partial charge is 0.480 e. The molecule has 6 heteroatoms. The molecule has 20 heavy (non-hydrogen) atoms. The van der Waals surface area contributed by atoms with E-state index in [-0.39, 0.29) is 18.0 Å². The second-order valence-electron chi connectivity index (χ2n) is 5.90. The molecular weight excluding hydrogens is 258 g/mol. The minimum absolute atomic E-state index is 0.0775. The van der Waals surface area contributed by atoms with Crippen LogP contribution in [0.4, 0.5) is 4.79 Å². The van der Waals surface area contributed by atoms with Gasteiger partial charge >= 0.3 is 12.0 Å². The summed E-state index contributed by atoms with van der Waals surface area (Å²) in [4.78, 5) is 27.4. The third kappa shape index (κ3) is 4.37. The van der Waals surface area contributed by atoms with Crippen LogP contribution in [0.2, 0.25) is 0 Å². The molecule has 1 aliphatic heterocycles. The lowest BCUT2D eigenvalue weighted by molar-refractivity contribution is -0.140. The molecule has 2 amide bonds. The zero-order valence-corrected chi connectivity index (χ0v) is 12.9. The fraction of sp³-hybridized carbons (Fsp3) is 0.857. The van der Waals surface area contributed by atoms with Crippen LogP contribution in [0.15, 0.2) is 0 Å². The van der Waals surface area contributed by atoms with Crippen LogP contribution in [0, 0.1) is 5.92 Å². The summed E-state index contributed by atoms with van der Waals surface area (Å²) in [6, 6.07) is -0.883. The van der Waals surface area contributed by atoms with Crippen LogP contribution in [0.1, 0.15) is 33.1 Å². The molecule has 1 saturated heterocycles. The minimum atomic E-state index is -0.962. The maximum absolute atomic E-state index is 12.3. The average molecular weight is 285 g/mol. The summed E-state index contributed by atoms with van der Waals surface area (Å²) < 4.78 is 0. The fourth-order valence-electron chi connectivity index (χ4n) is 2.61. The van der Waals surface area contributed by atoms with E-state index in [0.29, 0.717) is 6.54 Å². The number of aliphatic carboxylic acids is 1. The van der Waals surface area contributed by atoms with Gasteiger partial charge in [-0.05, 0) is 32.9 Å². The molecule has 1 fully saturated rings. The second-order valence-corrected chi connectivity index (χ2v) is 5.90. The summed E-state index contributed by atoms with van der Waals surface area (Å²) in [6.45, 7) is 5.30. The lowest BCUT2D eigenvalue weighted by Gasteiger charge is -2.29. The van der Waals surface area contributed by atoms with Gasteiger partial charge in [0, 0.05) is 19.1 Å². The van der Waals surface area contributed by atoms with E-state index in [9.17, 15) is 14.7 Å². The van der Waals surface area contributed by atoms with Gasteiger partial charge in [-0.3, -0.25) is 0 Å². The number of hydrogen-bond acceptors (Lipinski definition) is 3. The van der Waals surface area contributed by atoms with Crippen molar-refractivity contribution in [2.45, 2.75) is 45.2 Å². The van der Waals surface area contributed by atoms with Gasteiger partial charge < -0.3 is 20.2 Å². The number of nitrogens with one attached hydrogen (secondary N) is 1. The van der Waals surface area contributed by atoms with Crippen molar-refractivity contribution in [2.75, 3.05) is 27.2 Å². The molecule has 2 N–H and O–H groups in total. The van der Waals surface area contributed by atoms with E-state index >= 15 is 0 Å². The number of carbonyl (C=O) groups is 2. The Hall–Kier alpha value is -1.30. The van der Waals surface area contributed by atoms with Crippen molar-refractivity contribution in [1.82, 2.24) is 15.1 Å². The molecule has 3 atom stereocenters. The van der Waals surface area contributed by atoms with Crippen LogP contribution in [0.25, 0.3) is 0 Å². The topological polar surface area (TPSA) is 72.9 Å². The number of carboxylic acids is 1. The predicted octanol–water partition coefficient (Wildman–Crippen LogP) is 1.22. The molecule has 1 heterocycles. The molecule has 6 nitrogen and oxygen atoms in total. The first-order valence-corrected chi connectivity index (χ1v) is 7.31. The van der Waals surface area contributed by atoms with Crippen molar-refractivity contribution >= 4 is 12.0 Å². The quantitative estimate of drug-likeness (QED) is 0.769. The molecule has 0 aromatic heterocycles. The van der Waals surface area contributed by atoms with Gasteiger partial charge in [-0.15, -0.1) is 0 Å². The van der Waals surface area contributed by atoms with Gasteiger partial charge in [-0.25, -0.2) is 9.59 Å². The standard InChI is InChI=1S/C14H27N3O3/c1-5-10(2)12(13(18)19)15-14(20)17-8-6-7-11(17)9-16(3)4/h10-12H,5-9H2,1-4H3,(H,15,20)(H,18,19). The first kappa shape index (κ1) is 16.8. The number of rotatable bonds is 6. The van der Waals surface area contributed by atoms with Gasteiger partial charge in [0.05, 0.1) is 0 Å². The van der Waals surface area contributed by atoms with Gasteiger partial charge in [0.15, 0.2) is 0 Å². The van der Waals surface area contributed by atoms with Crippen LogP contribution in [-0.2, 0) is 4.79 Å². The number of likely N-dealkylation sites (N-methyl/N-ethyl adjacent to an activating group) is 1. The van der Waals surface area contributed by atoms with Gasteiger partial charge in [-0.1, -0.05) is 20.3 Å². The lowest BCUT2D eigenvalue weighted by Crippen LogP contribution is -2.53. The SMILES string of the molecule is CCC(C)C(NC(=O)N1CCCC1CN(C)C)C(=O)O. The van der Waals surface area contributed by atoms with E-state index in [2.05, 4.69) is 10.2 Å². The van der Waals surface area contributed by atoms with Crippen molar-refractivity contribution in [3.05, 3.63) is 0 Å². The van der Waals surface area contributed by atoms with Crippen molar-refractivity contribution in [2.24, 2.45) is 5.92 Å². The Morgan fingerprint density at radius 1 is 1.45 bits per heavy atom. The van der Waals surface area contributed by atoms with E-state index < -0.39 is 12.0 Å². The molecule has 116 valence electrons. The van der Waals surface area contributed by atoms with Gasteiger partial charge in [0.1, 0.15) is 6.04 Å². The van der Waals surface area contributed by atoms with E-state index in [4.69, 9.17) is 0 Å². The normalized spacial score (nSPS) is 21.9. The predicted molar refractivity (Wildman–Crippen MR) is 77.7 cm³/mol. The third-order valence-electron chi connectivity index (χ3n) is 3.97. The number of carboxylic acid groups (broad SMARTS) is 1. The molecular formula is C14H27N3O3. The Morgan fingerprint density at radius 3 is 2.60 bits per heavy atom. The van der Waals surface area contributed by atoms with E-state index in [1.807, 2.05) is 27.9 Å². The maximum atomic E-state index is 12.3. The van der Waals surface area contributed by atoms with Crippen LogP contribution >= 0.6 is 0 Å². The smallest absolute Gasteiger partial charge is 0.326 e. The highest BCUT2D eigenvalue weighted by Crippen LogP contribution is 2.18. The molecule has 0 saturated carbocycles. The molecule has 1 aliphatic rings. The number of urea groups is 1. The Labute approximate surface area is 121 Å². The monoisotopic (exact) mass is 285 g/mol. The third-order valence-corrected chi connectivity index (χ3v) is 3.97. The van der Waals surface area contributed by atoms with Gasteiger partial charge in [0.25, 0.3) is 0 Å². The molecule has 0 spiro atoms. The van der Waals surface area contributed by atoms with Crippen molar-refractivity contribution < 1.29 is 14.7 Å². The summed E-state index contributed by atoms with van der Waals surface area (Å²) >= 11 is 0. The van der Waals surface area contributed by atoms with Crippen molar-refractivity contribution in [3.8, 4) is 0 Å². The van der Waals surface area contributed by atoms with Crippen molar-refractivity contribution in [1.29, 1.82) is 0 Å². The molecule has 0 radical (unpaired) electrons. The Bertz CT molecular complexity index is 347. The minimum Gasteiger partial charge on any atom is -0.480 e. The van der Waals surface area contributed by atoms with Gasteiger partial charge in [0.2, 0.25) is 0 Å². The van der Waals surface area contributed by atoms with E-state index in [1.165, 1.54) is 0 Å². The number of likely N-dealkylation sites (tertiary alicyclic amines) is 1. The number of carbonyl (C=O) groups excluding carboxylic acids is 1. The van der Waals surface area contributed by atoms with E-state index in [1.54, 1.807) is 4.90 Å². The Balaban J connectivity index is 2.66. The lowest BCUT2D eigenvalue weighted by atomic mass is 9.99. The number of hydrogen-bond donors (Lipinski definition) is 2. The molecule has 0 aromatic rings. The summed E-state index contributed by atoms with van der Waals surface area (Å²) in [5.74, 6) is -1.04. The Kier molecular flexibility index (Phi) is 6.26. The van der Waals surface area contributed by atoms with E-state index in [0.717, 1.165) is 25.8 Å². The summed E-state index contributed by atoms with van der Waals surface area (Å²) in [7, 11) is 3.96. The van der Waals surface area contributed by atoms with Crippen LogP contribution in [0.3, 0.4) is 0 Å². The highest BCUT2D eigenvalue weighted by Gasteiger charge is 2.32. The second kappa shape index (κ2) is 7.47. The number of amides is 2. The average Bonchev–Trinajstić information content (AvgIpc) is 2.81. The Morgan fingerprint density at radius 2 is 2.10 bits per heavy atom. The first-order valence-electron chi connectivity index (χ1n) is 7.31. The summed E-state index contributed by atoms with van der Waals surface area (Å²) in [5, 5.41) is 11.9. The first-order chi connectivity index (χ1) is 9.36. The molecule has 0 aromatic carbocycles. The summed E-state index contributed by atoms with van der Waals surface area (Å²) in [6.07, 6.45) is 2.68. The van der Waals surface area contributed by atoms with Crippen molar-refractivity contribution in [3.63, 3.8) is 0 Å². The molecule has 0 bridgehead atoms. The zero-order valence-electron chi connectivity index (χ0n) is 12.9. The number of nitrogens with zero attached hydrogens (tertiary/aromatic N) is 2. The highest BCUT2D eigenvalue weighted by molar-refractivity contribution is 5.83. The maximum Gasteiger partial charge on any atom is 0.326 e. The van der Waals surface area contributed by atoms with Gasteiger partial charge in [-0.2, -0.15) is 0 Å². The molecule has 0 aliphatic carbocycles. The molecule has 3 unspecified atom stereocenters. The summed E-state index contributed by atoms with van der Waals surface area (Å²) in [5.41, 5.74) is 0. The van der Waals surface area contributed by atoms with Crippen LogP contribution < -0.4 is 5.32 Å². The highest BCUT2D eigenvalue weighted by atomic mass is 16.4. The van der Waals surface area contributed by atoms with Crippen LogP contribution in [-0.4, -0.2) is 66.2 Å². The fourth-order valence-corrected chi connectivity index (χ4v) is 2.61.